The lowest BCUT2D eigenvalue weighted by Gasteiger charge is -2.30. The van der Waals surface area contributed by atoms with E-state index in [1.807, 2.05) is 0 Å². The molecule has 1 aliphatic rings. The zero-order valence-corrected chi connectivity index (χ0v) is 7.76. The molecule has 0 aromatic carbocycles. The summed E-state index contributed by atoms with van der Waals surface area (Å²) in [4.78, 5) is 2.28. The van der Waals surface area contributed by atoms with Gasteiger partial charge in [-0.1, -0.05) is 6.58 Å². The zero-order chi connectivity index (χ0) is 6.85. The van der Waals surface area contributed by atoms with E-state index in [2.05, 4.69) is 44.5 Å². The molecule has 0 aromatic heterocycles. The van der Waals surface area contributed by atoms with Crippen LogP contribution in [0.15, 0.2) is 12.3 Å². The first kappa shape index (κ1) is 7.34. The van der Waals surface area contributed by atoms with Crippen LogP contribution in [-0.2, 0) is 0 Å². The second-order valence-electron chi connectivity index (χ2n) is 2.39. The van der Waals surface area contributed by atoms with Crippen molar-refractivity contribution >= 4 is 22.9 Å². The molecule has 1 fully saturated rings. The topological polar surface area (TPSA) is 6.48 Å². The van der Waals surface area contributed by atoms with Gasteiger partial charge in [0.15, 0.2) is 0 Å². The fourth-order valence-electron chi connectivity index (χ4n) is 0.884. The second kappa shape index (κ2) is 2.88. The second-order valence-corrected chi connectivity index (χ2v) is 3.55. The highest BCUT2D eigenvalue weighted by Crippen LogP contribution is 2.13. The minimum Gasteiger partial charge on any atom is -0.317 e. The van der Waals surface area contributed by atoms with E-state index in [9.17, 15) is 0 Å². The Morgan fingerprint density at radius 2 is 2.22 bits per heavy atom. The molecule has 0 aliphatic carbocycles. The van der Waals surface area contributed by atoms with E-state index in [1.165, 1.54) is 5.70 Å². The molecule has 1 saturated heterocycles. The summed E-state index contributed by atoms with van der Waals surface area (Å²) in [5.41, 5.74) is 1.21. The standard InChI is InChI=1S/C6H11IN2/c1-6-5-8(2)3-4-9(6)7/h1,3-5H2,2H3. The monoisotopic (exact) mass is 238 g/mol. The van der Waals surface area contributed by atoms with Crippen LogP contribution in [0.3, 0.4) is 0 Å². The maximum absolute atomic E-state index is 3.92. The van der Waals surface area contributed by atoms with Crippen LogP contribution < -0.4 is 0 Å². The maximum atomic E-state index is 3.92. The minimum absolute atomic E-state index is 1.02. The van der Waals surface area contributed by atoms with E-state index < -0.39 is 0 Å². The molecule has 0 aromatic rings. The van der Waals surface area contributed by atoms with Gasteiger partial charge in [-0.2, -0.15) is 0 Å². The van der Waals surface area contributed by atoms with Crippen molar-refractivity contribution in [3.8, 4) is 0 Å². The summed E-state index contributed by atoms with van der Waals surface area (Å²) >= 11 is 2.30. The summed E-state index contributed by atoms with van der Waals surface area (Å²) in [5.74, 6) is 0. The van der Waals surface area contributed by atoms with Crippen molar-refractivity contribution in [2.75, 3.05) is 26.7 Å². The van der Waals surface area contributed by atoms with Crippen molar-refractivity contribution < 1.29 is 0 Å². The van der Waals surface area contributed by atoms with E-state index >= 15 is 0 Å². The highest BCUT2D eigenvalue weighted by molar-refractivity contribution is 14.1. The molecule has 52 valence electrons. The van der Waals surface area contributed by atoms with Gasteiger partial charge in [0.25, 0.3) is 0 Å². The largest absolute Gasteiger partial charge is 0.317 e. The minimum atomic E-state index is 1.02. The van der Waals surface area contributed by atoms with Crippen molar-refractivity contribution in [2.45, 2.75) is 0 Å². The van der Waals surface area contributed by atoms with Crippen LogP contribution in [0.5, 0.6) is 0 Å². The normalized spacial score (nSPS) is 22.9. The smallest absolute Gasteiger partial charge is 0.0589 e. The molecular formula is C6H11IN2. The average molecular weight is 238 g/mol. The van der Waals surface area contributed by atoms with Gasteiger partial charge < -0.3 is 3.11 Å². The lowest BCUT2D eigenvalue weighted by molar-refractivity contribution is 0.287. The predicted molar refractivity (Wildman–Crippen MR) is 47.4 cm³/mol. The first-order valence-electron chi connectivity index (χ1n) is 3.00. The summed E-state index contributed by atoms with van der Waals surface area (Å²) in [5, 5.41) is 0. The summed E-state index contributed by atoms with van der Waals surface area (Å²) in [6, 6.07) is 0. The summed E-state index contributed by atoms with van der Waals surface area (Å²) in [6.45, 7) is 7.20. The van der Waals surface area contributed by atoms with Crippen molar-refractivity contribution in [1.82, 2.24) is 8.01 Å². The summed E-state index contributed by atoms with van der Waals surface area (Å²) in [6.07, 6.45) is 0. The van der Waals surface area contributed by atoms with Crippen LogP contribution in [-0.4, -0.2) is 34.7 Å². The van der Waals surface area contributed by atoms with Gasteiger partial charge in [-0.05, 0) is 7.05 Å². The van der Waals surface area contributed by atoms with Gasteiger partial charge in [-0.15, -0.1) is 0 Å². The third-order valence-electron chi connectivity index (χ3n) is 1.47. The van der Waals surface area contributed by atoms with Crippen LogP contribution >= 0.6 is 22.9 Å². The number of likely N-dealkylation sites (N-methyl/N-ethyl adjacent to an activating group) is 1. The molecule has 0 N–H and O–H groups in total. The summed E-state index contributed by atoms with van der Waals surface area (Å²) in [7, 11) is 2.12. The van der Waals surface area contributed by atoms with E-state index in [0.717, 1.165) is 19.6 Å². The Labute approximate surface area is 70.0 Å². The van der Waals surface area contributed by atoms with Crippen LogP contribution in [0.2, 0.25) is 0 Å². The third-order valence-corrected chi connectivity index (χ3v) is 2.64. The zero-order valence-electron chi connectivity index (χ0n) is 5.60. The number of piperazine rings is 1. The molecule has 0 amide bonds. The lowest BCUT2D eigenvalue weighted by Crippen LogP contribution is -2.37. The number of halogens is 1. The predicted octanol–water partition coefficient (Wildman–Crippen LogP) is 1.10. The van der Waals surface area contributed by atoms with E-state index in [0.29, 0.717) is 0 Å². The van der Waals surface area contributed by atoms with Gasteiger partial charge >= 0.3 is 0 Å². The average Bonchev–Trinajstić information content (AvgIpc) is 1.80. The van der Waals surface area contributed by atoms with E-state index in [-0.39, 0.29) is 0 Å². The van der Waals surface area contributed by atoms with Gasteiger partial charge in [0, 0.05) is 25.3 Å². The Morgan fingerprint density at radius 1 is 1.56 bits per heavy atom. The van der Waals surface area contributed by atoms with Crippen molar-refractivity contribution in [3.05, 3.63) is 12.3 Å². The SMILES string of the molecule is C=C1CN(C)CCN1I. The molecule has 9 heavy (non-hydrogen) atoms. The van der Waals surface area contributed by atoms with Gasteiger partial charge in [0.1, 0.15) is 0 Å². The molecule has 3 heteroatoms. The summed E-state index contributed by atoms with van der Waals surface area (Å²) < 4.78 is 2.18. The Bertz CT molecular complexity index is 124. The molecule has 0 spiro atoms. The first-order chi connectivity index (χ1) is 4.20. The molecule has 1 aliphatic heterocycles. The Hall–Kier alpha value is 0.230. The Morgan fingerprint density at radius 3 is 2.67 bits per heavy atom. The molecule has 0 radical (unpaired) electrons. The first-order valence-corrected chi connectivity index (χ1v) is 3.96. The van der Waals surface area contributed by atoms with Gasteiger partial charge in [-0.3, -0.25) is 4.90 Å². The Balaban J connectivity index is 2.44. The van der Waals surface area contributed by atoms with Crippen LogP contribution in [0.1, 0.15) is 0 Å². The third kappa shape index (κ3) is 1.82. The molecule has 0 unspecified atom stereocenters. The molecule has 1 heterocycles. The van der Waals surface area contributed by atoms with Crippen LogP contribution in [0.25, 0.3) is 0 Å². The maximum Gasteiger partial charge on any atom is 0.0589 e. The number of hydrogen-bond donors (Lipinski definition) is 0. The fourth-order valence-corrected chi connectivity index (χ4v) is 1.25. The fraction of sp³-hybridized carbons (Fsp3) is 0.667. The highest BCUT2D eigenvalue weighted by Gasteiger charge is 2.12. The van der Waals surface area contributed by atoms with E-state index in [1.54, 1.807) is 0 Å². The van der Waals surface area contributed by atoms with Crippen molar-refractivity contribution in [2.24, 2.45) is 0 Å². The van der Waals surface area contributed by atoms with Gasteiger partial charge in [0.05, 0.1) is 22.9 Å². The molecule has 0 bridgehead atoms. The van der Waals surface area contributed by atoms with Gasteiger partial charge in [-0.25, -0.2) is 0 Å². The number of nitrogens with zero attached hydrogens (tertiary/aromatic N) is 2. The van der Waals surface area contributed by atoms with Gasteiger partial charge in [0.2, 0.25) is 0 Å². The molecule has 2 nitrogen and oxygen atoms in total. The van der Waals surface area contributed by atoms with Crippen molar-refractivity contribution in [1.29, 1.82) is 0 Å². The van der Waals surface area contributed by atoms with Crippen molar-refractivity contribution in [3.63, 3.8) is 0 Å². The Kier molecular flexibility index (Phi) is 2.35. The van der Waals surface area contributed by atoms with Crippen LogP contribution in [0.4, 0.5) is 0 Å². The molecule has 1 rings (SSSR count). The van der Waals surface area contributed by atoms with Crippen LogP contribution in [0, 0.1) is 0 Å². The van der Waals surface area contributed by atoms with E-state index in [4.69, 9.17) is 0 Å². The highest BCUT2D eigenvalue weighted by atomic mass is 127. The molecular weight excluding hydrogens is 227 g/mol. The quantitative estimate of drug-likeness (QED) is 0.460. The number of rotatable bonds is 0. The lowest BCUT2D eigenvalue weighted by atomic mass is 10.3. The molecule has 0 saturated carbocycles. The number of hydrogen-bond acceptors (Lipinski definition) is 2. The molecule has 0 atom stereocenters.